The Bertz CT molecular complexity index is 1140. The lowest BCUT2D eigenvalue weighted by Gasteiger charge is -2.18. The molecule has 0 saturated heterocycles. The molecule has 0 fully saturated rings. The highest BCUT2D eigenvalue weighted by Crippen LogP contribution is 2.36. The predicted octanol–water partition coefficient (Wildman–Crippen LogP) is 12.8. The van der Waals surface area contributed by atoms with Gasteiger partial charge in [0.15, 0.2) is 6.10 Å². The van der Waals surface area contributed by atoms with Crippen molar-refractivity contribution >= 4 is 19.8 Å². The number of hydrogen-bond donors (Lipinski definition) is 2. The van der Waals surface area contributed by atoms with Crippen molar-refractivity contribution in [2.45, 2.75) is 174 Å². The minimum absolute atomic E-state index is 0.166. The van der Waals surface area contributed by atoms with Crippen molar-refractivity contribution in [3.8, 4) is 0 Å². The number of phosphoric ester groups is 1. The molecule has 0 unspecified atom stereocenters. The lowest BCUT2D eigenvalue weighted by Crippen LogP contribution is -2.29. The van der Waals surface area contributed by atoms with Crippen LogP contribution in [0, 0.1) is 0 Å². The molecular formula is C45H75O8P. The molecule has 0 amide bonds. The first-order valence-corrected chi connectivity index (χ1v) is 22.4. The van der Waals surface area contributed by atoms with Crippen LogP contribution in [0.3, 0.4) is 0 Å². The maximum absolute atomic E-state index is 12.4. The second-order valence-electron chi connectivity index (χ2n) is 13.6. The summed E-state index contributed by atoms with van der Waals surface area (Å²) in [6.07, 6.45) is 53.0. The molecule has 2 N–H and O–H groups in total. The summed E-state index contributed by atoms with van der Waals surface area (Å²) in [6, 6.07) is 0. The van der Waals surface area contributed by atoms with Crippen molar-refractivity contribution < 1.29 is 37.9 Å². The number of ether oxygens (including phenoxy) is 2. The zero-order chi connectivity index (χ0) is 39.6. The highest BCUT2D eigenvalue weighted by Gasteiger charge is 2.22. The maximum atomic E-state index is 12.4. The molecule has 0 aromatic carbocycles. The van der Waals surface area contributed by atoms with Crippen molar-refractivity contribution in [3.63, 3.8) is 0 Å². The first-order chi connectivity index (χ1) is 26.3. The number of phosphoric acid groups is 1. The lowest BCUT2D eigenvalue weighted by atomic mass is 10.1. The van der Waals surface area contributed by atoms with Crippen molar-refractivity contribution in [3.05, 3.63) is 85.1 Å². The van der Waals surface area contributed by atoms with Gasteiger partial charge in [0, 0.05) is 12.8 Å². The second-order valence-corrected chi connectivity index (χ2v) is 14.8. The average molecular weight is 775 g/mol. The van der Waals surface area contributed by atoms with Gasteiger partial charge >= 0.3 is 19.8 Å². The van der Waals surface area contributed by atoms with Crippen LogP contribution in [0.25, 0.3) is 0 Å². The Morgan fingerprint density at radius 3 is 1.35 bits per heavy atom. The molecule has 0 radical (unpaired) electrons. The summed E-state index contributed by atoms with van der Waals surface area (Å²) in [7, 11) is -4.77. The Morgan fingerprint density at radius 1 is 0.500 bits per heavy atom. The van der Waals surface area contributed by atoms with Gasteiger partial charge in [-0.05, 0) is 89.9 Å². The monoisotopic (exact) mass is 775 g/mol. The Kier molecular flexibility index (Phi) is 37.9. The van der Waals surface area contributed by atoms with E-state index in [1.807, 2.05) is 0 Å². The van der Waals surface area contributed by atoms with E-state index in [9.17, 15) is 14.2 Å². The van der Waals surface area contributed by atoms with Crippen LogP contribution in [0.1, 0.15) is 168 Å². The molecule has 54 heavy (non-hydrogen) atoms. The Labute approximate surface area is 329 Å². The number of esters is 2. The molecule has 0 aliphatic carbocycles. The summed E-state index contributed by atoms with van der Waals surface area (Å²) in [6.45, 7) is 3.50. The summed E-state index contributed by atoms with van der Waals surface area (Å²) in [5, 5.41) is 0. The van der Waals surface area contributed by atoms with Crippen LogP contribution in [0.4, 0.5) is 0 Å². The summed E-state index contributed by atoms with van der Waals surface area (Å²) in [4.78, 5) is 42.9. The fourth-order valence-electron chi connectivity index (χ4n) is 5.31. The van der Waals surface area contributed by atoms with E-state index in [-0.39, 0.29) is 19.4 Å². The van der Waals surface area contributed by atoms with Gasteiger partial charge in [-0.2, -0.15) is 0 Å². The third-order valence-electron chi connectivity index (χ3n) is 8.40. The molecule has 0 aliphatic rings. The Morgan fingerprint density at radius 2 is 0.889 bits per heavy atom. The number of unbranched alkanes of at least 4 members (excludes halogenated alkanes) is 13. The molecule has 0 heterocycles. The van der Waals surface area contributed by atoms with E-state index < -0.39 is 32.5 Å². The second kappa shape index (κ2) is 39.9. The average Bonchev–Trinajstić information content (AvgIpc) is 3.14. The SMILES string of the molecule is CC/C=C/C/C=C/C/C=C/C/C=C/C/C=C/CCCCCC(=O)O[C@H](COC(=O)CCCCCCCCC/C=C/C/C=C/CCCCC)COP(=O)(O)O. The van der Waals surface area contributed by atoms with E-state index in [0.29, 0.717) is 12.8 Å². The first kappa shape index (κ1) is 51.2. The van der Waals surface area contributed by atoms with Crippen molar-refractivity contribution in [2.24, 2.45) is 0 Å². The number of carbonyl (C=O) groups excluding carboxylic acids is 2. The van der Waals surface area contributed by atoms with Crippen LogP contribution in [0.15, 0.2) is 85.1 Å². The highest BCUT2D eigenvalue weighted by molar-refractivity contribution is 7.46. The molecule has 308 valence electrons. The van der Waals surface area contributed by atoms with Gasteiger partial charge in [-0.25, -0.2) is 4.57 Å². The number of allylic oxidation sites excluding steroid dienone is 14. The van der Waals surface area contributed by atoms with Gasteiger partial charge in [-0.15, -0.1) is 0 Å². The van der Waals surface area contributed by atoms with Crippen LogP contribution < -0.4 is 0 Å². The molecule has 0 bridgehead atoms. The summed E-state index contributed by atoms with van der Waals surface area (Å²) < 4.78 is 26.4. The van der Waals surface area contributed by atoms with E-state index in [4.69, 9.17) is 19.3 Å². The Balaban J connectivity index is 4.03. The third kappa shape index (κ3) is 42.0. The summed E-state index contributed by atoms with van der Waals surface area (Å²) in [5.74, 6) is -0.938. The number of hydrogen-bond acceptors (Lipinski definition) is 6. The Hall–Kier alpha value is -2.77. The van der Waals surface area contributed by atoms with E-state index in [1.165, 1.54) is 44.9 Å². The quantitative estimate of drug-likeness (QED) is 0.0277. The van der Waals surface area contributed by atoms with Crippen LogP contribution in [-0.4, -0.2) is 41.0 Å². The van der Waals surface area contributed by atoms with Crippen molar-refractivity contribution in [1.82, 2.24) is 0 Å². The first-order valence-electron chi connectivity index (χ1n) is 20.9. The molecule has 0 aromatic heterocycles. The molecule has 1 atom stereocenters. The van der Waals surface area contributed by atoms with Gasteiger partial charge in [0.25, 0.3) is 0 Å². The zero-order valence-corrected chi connectivity index (χ0v) is 34.7. The minimum Gasteiger partial charge on any atom is -0.462 e. The van der Waals surface area contributed by atoms with Crippen molar-refractivity contribution in [1.29, 1.82) is 0 Å². The molecule has 9 heteroatoms. The van der Waals surface area contributed by atoms with Crippen LogP contribution in [0.5, 0.6) is 0 Å². The van der Waals surface area contributed by atoms with Crippen LogP contribution in [0.2, 0.25) is 0 Å². The lowest BCUT2D eigenvalue weighted by molar-refractivity contribution is -0.161. The normalized spacial score (nSPS) is 13.3. The molecule has 0 saturated carbocycles. The van der Waals surface area contributed by atoms with Crippen molar-refractivity contribution in [2.75, 3.05) is 13.2 Å². The maximum Gasteiger partial charge on any atom is 0.469 e. The van der Waals surface area contributed by atoms with E-state index in [1.54, 1.807) is 0 Å². The van der Waals surface area contributed by atoms with Gasteiger partial charge in [-0.3, -0.25) is 14.1 Å². The zero-order valence-electron chi connectivity index (χ0n) is 33.8. The predicted molar refractivity (Wildman–Crippen MR) is 225 cm³/mol. The van der Waals surface area contributed by atoms with Gasteiger partial charge in [-0.1, -0.05) is 150 Å². The van der Waals surface area contributed by atoms with Crippen LogP contribution in [-0.2, 0) is 28.2 Å². The largest absolute Gasteiger partial charge is 0.469 e. The molecule has 8 nitrogen and oxygen atoms in total. The number of carbonyl (C=O) groups is 2. The smallest absolute Gasteiger partial charge is 0.462 e. The molecular weight excluding hydrogens is 699 g/mol. The highest BCUT2D eigenvalue weighted by atomic mass is 31.2. The van der Waals surface area contributed by atoms with E-state index in [2.05, 4.69) is 103 Å². The topological polar surface area (TPSA) is 119 Å². The third-order valence-corrected chi connectivity index (χ3v) is 8.88. The van der Waals surface area contributed by atoms with Gasteiger partial charge < -0.3 is 19.3 Å². The van der Waals surface area contributed by atoms with E-state index in [0.717, 1.165) is 83.5 Å². The van der Waals surface area contributed by atoms with E-state index >= 15 is 0 Å². The fourth-order valence-corrected chi connectivity index (χ4v) is 5.67. The summed E-state index contributed by atoms with van der Waals surface area (Å²) in [5.41, 5.74) is 0. The fraction of sp³-hybridized carbons (Fsp3) is 0.644. The van der Waals surface area contributed by atoms with Crippen LogP contribution >= 0.6 is 7.82 Å². The number of rotatable bonds is 37. The van der Waals surface area contributed by atoms with Gasteiger partial charge in [0.1, 0.15) is 6.61 Å². The molecule has 0 spiro atoms. The standard InChI is InChI=1S/C45H75O8P/c1-3-5-7-9-11-13-15-17-19-21-22-24-26-28-30-32-34-36-38-40-45(47)53-43(42-52-54(48,49)50)41-51-44(46)39-37-35-33-31-29-27-25-23-20-18-16-14-12-10-8-6-4-2/h5,7,11-14,17-20,22,24,28,30,43H,3-4,6,8-10,15-16,21,23,25-27,29,31-42H2,1-2H3,(H2,48,49,50)/b7-5+,13-11+,14-12+,19-17+,20-18+,24-22+,30-28+/t43-/m1/s1. The van der Waals surface area contributed by atoms with Gasteiger partial charge in [0.2, 0.25) is 0 Å². The minimum atomic E-state index is -4.77. The molecule has 0 aliphatic heterocycles. The molecule has 0 aromatic rings. The summed E-state index contributed by atoms with van der Waals surface area (Å²) >= 11 is 0. The molecule has 0 rings (SSSR count). The van der Waals surface area contributed by atoms with Gasteiger partial charge in [0.05, 0.1) is 6.61 Å².